The maximum atomic E-state index is 11.3. The molecule has 0 bridgehead atoms. The average molecular weight is 297 g/mol. The van der Waals surface area contributed by atoms with Gasteiger partial charge in [0.15, 0.2) is 15.9 Å². The summed E-state index contributed by atoms with van der Waals surface area (Å²) in [6, 6.07) is 0. The van der Waals surface area contributed by atoms with E-state index in [9.17, 15) is 18.0 Å². The number of carbonyl (C=O) groups is 2. The van der Waals surface area contributed by atoms with Crippen LogP contribution in [0.15, 0.2) is 0 Å². The van der Waals surface area contributed by atoms with Gasteiger partial charge in [-0.1, -0.05) is 0 Å². The van der Waals surface area contributed by atoms with Crippen molar-refractivity contribution in [3.05, 3.63) is 0 Å². The number of hydrogen-bond donors (Lipinski definition) is 3. The van der Waals surface area contributed by atoms with Crippen molar-refractivity contribution >= 4 is 33.5 Å². The fourth-order valence-corrected chi connectivity index (χ4v) is 4.91. The lowest BCUT2D eigenvalue weighted by Gasteiger charge is -2.09. The van der Waals surface area contributed by atoms with Crippen molar-refractivity contribution in [1.29, 1.82) is 0 Å². The Kier molecular flexibility index (Phi) is 5.42. The molecule has 1 amide bonds. The van der Waals surface area contributed by atoms with E-state index in [2.05, 4.69) is 5.32 Å². The number of aliphatic carboxylic acids is 1. The van der Waals surface area contributed by atoms with Crippen LogP contribution in [0.4, 0.5) is 0 Å². The molecule has 0 aromatic heterocycles. The minimum atomic E-state index is -2.95. The highest BCUT2D eigenvalue weighted by atomic mass is 32.2. The molecule has 7 nitrogen and oxygen atoms in total. The first-order valence-electron chi connectivity index (χ1n) is 5.30. The zero-order chi connectivity index (χ0) is 13.8. The van der Waals surface area contributed by atoms with Gasteiger partial charge in [0.05, 0.1) is 23.8 Å². The first-order valence-corrected chi connectivity index (χ1v) is 8.17. The van der Waals surface area contributed by atoms with Gasteiger partial charge in [0.1, 0.15) is 0 Å². The topological polar surface area (TPSA) is 121 Å². The first-order chi connectivity index (χ1) is 8.30. The highest BCUT2D eigenvalue weighted by Crippen LogP contribution is 2.23. The molecule has 104 valence electrons. The highest BCUT2D eigenvalue weighted by molar-refractivity contribution is 8.02. The van der Waals surface area contributed by atoms with Gasteiger partial charge in [0.25, 0.3) is 0 Å². The van der Waals surface area contributed by atoms with Gasteiger partial charge in [-0.15, -0.1) is 11.8 Å². The number of carboxylic acids is 1. The molecular formula is C9H15NO6S2. The van der Waals surface area contributed by atoms with Gasteiger partial charge in [-0.2, -0.15) is 0 Å². The van der Waals surface area contributed by atoms with Crippen LogP contribution >= 0.6 is 11.8 Å². The third kappa shape index (κ3) is 5.23. The summed E-state index contributed by atoms with van der Waals surface area (Å²) < 4.78 is 22.3. The van der Waals surface area contributed by atoms with Crippen molar-refractivity contribution < 1.29 is 28.2 Å². The lowest BCUT2D eigenvalue weighted by molar-refractivity contribution is -0.146. The third-order valence-electron chi connectivity index (χ3n) is 2.42. The zero-order valence-corrected chi connectivity index (χ0v) is 11.2. The Morgan fingerprint density at radius 2 is 2.11 bits per heavy atom. The smallest absolute Gasteiger partial charge is 0.334 e. The molecular weight excluding hydrogens is 282 g/mol. The Balaban J connectivity index is 2.20. The van der Waals surface area contributed by atoms with Crippen molar-refractivity contribution in [2.45, 2.75) is 17.8 Å². The standard InChI is InChI=1S/C9H15NO6S2/c11-7(9(13)14)3-10-8(12)4-17-6-1-2-18(15,16)5-6/h6-7,11H,1-5H2,(H,10,12)(H,13,14). The van der Waals surface area contributed by atoms with Gasteiger partial charge >= 0.3 is 5.97 Å². The van der Waals surface area contributed by atoms with Crippen LogP contribution in [0.25, 0.3) is 0 Å². The van der Waals surface area contributed by atoms with E-state index < -0.39 is 27.8 Å². The minimum absolute atomic E-state index is 0.0620. The van der Waals surface area contributed by atoms with Crippen LogP contribution in [0.5, 0.6) is 0 Å². The monoisotopic (exact) mass is 297 g/mol. The Bertz CT molecular complexity index is 421. The molecule has 1 saturated heterocycles. The summed E-state index contributed by atoms with van der Waals surface area (Å²) in [4.78, 5) is 21.6. The number of hydrogen-bond acceptors (Lipinski definition) is 6. The summed E-state index contributed by atoms with van der Waals surface area (Å²) in [6.45, 7) is -0.350. The number of nitrogens with one attached hydrogen (secondary N) is 1. The Morgan fingerprint density at radius 1 is 1.44 bits per heavy atom. The van der Waals surface area contributed by atoms with Crippen LogP contribution in [0.2, 0.25) is 0 Å². The first kappa shape index (κ1) is 15.3. The third-order valence-corrected chi connectivity index (χ3v) is 5.70. The lowest BCUT2D eigenvalue weighted by atomic mass is 10.3. The highest BCUT2D eigenvalue weighted by Gasteiger charge is 2.28. The van der Waals surface area contributed by atoms with Crippen LogP contribution in [0.3, 0.4) is 0 Å². The van der Waals surface area contributed by atoms with E-state index in [0.717, 1.165) is 0 Å². The number of carbonyl (C=O) groups excluding carboxylic acids is 1. The number of amides is 1. The minimum Gasteiger partial charge on any atom is -0.479 e. The van der Waals surface area contributed by atoms with Crippen LogP contribution in [-0.2, 0) is 19.4 Å². The van der Waals surface area contributed by atoms with Crippen LogP contribution in [0.1, 0.15) is 6.42 Å². The van der Waals surface area contributed by atoms with Crippen LogP contribution in [-0.4, -0.2) is 65.7 Å². The van der Waals surface area contributed by atoms with Crippen molar-refractivity contribution in [3.8, 4) is 0 Å². The molecule has 0 aliphatic carbocycles. The SMILES string of the molecule is O=C(CSC1CCS(=O)(=O)C1)NCC(O)C(=O)O. The van der Waals surface area contributed by atoms with E-state index in [1.54, 1.807) is 0 Å². The van der Waals surface area contributed by atoms with E-state index >= 15 is 0 Å². The maximum Gasteiger partial charge on any atom is 0.334 e. The summed E-state index contributed by atoms with van der Waals surface area (Å²) in [5.41, 5.74) is 0. The van der Waals surface area contributed by atoms with E-state index in [-0.39, 0.29) is 29.1 Å². The molecule has 1 aliphatic rings. The Labute approximate surface area is 109 Å². The number of sulfone groups is 1. The van der Waals surface area contributed by atoms with E-state index in [1.807, 2.05) is 0 Å². The number of aliphatic hydroxyl groups excluding tert-OH is 1. The number of thioether (sulfide) groups is 1. The van der Waals surface area contributed by atoms with Crippen molar-refractivity contribution in [3.63, 3.8) is 0 Å². The molecule has 1 heterocycles. The quantitative estimate of drug-likeness (QED) is 0.544. The normalized spacial score (nSPS) is 23.5. The molecule has 3 N–H and O–H groups in total. The second-order valence-electron chi connectivity index (χ2n) is 3.99. The second-order valence-corrected chi connectivity index (χ2v) is 7.51. The summed E-state index contributed by atoms with van der Waals surface area (Å²) in [6.07, 6.45) is -1.08. The number of rotatable bonds is 6. The fourth-order valence-electron chi connectivity index (χ4n) is 1.43. The zero-order valence-electron chi connectivity index (χ0n) is 9.53. The molecule has 9 heteroatoms. The Hall–Kier alpha value is -0.800. The van der Waals surface area contributed by atoms with E-state index in [4.69, 9.17) is 10.2 Å². The molecule has 1 fully saturated rings. The van der Waals surface area contributed by atoms with Crippen LogP contribution in [0, 0.1) is 0 Å². The van der Waals surface area contributed by atoms with Crippen molar-refractivity contribution in [2.75, 3.05) is 23.8 Å². The van der Waals surface area contributed by atoms with Gasteiger partial charge in [-0.25, -0.2) is 13.2 Å². The molecule has 1 rings (SSSR count). The fraction of sp³-hybridized carbons (Fsp3) is 0.778. The van der Waals surface area contributed by atoms with Gasteiger partial charge < -0.3 is 15.5 Å². The molecule has 0 radical (unpaired) electrons. The lowest BCUT2D eigenvalue weighted by Crippen LogP contribution is -2.37. The molecule has 0 aromatic carbocycles. The van der Waals surface area contributed by atoms with Crippen molar-refractivity contribution in [2.24, 2.45) is 0 Å². The largest absolute Gasteiger partial charge is 0.479 e. The molecule has 2 unspecified atom stereocenters. The van der Waals surface area contributed by atoms with Gasteiger partial charge in [-0.3, -0.25) is 4.79 Å². The molecule has 0 saturated carbocycles. The average Bonchev–Trinajstić information content (AvgIpc) is 2.62. The number of carboxylic acid groups (broad SMARTS) is 1. The summed E-state index contributed by atoms with van der Waals surface area (Å²) in [5.74, 6) is -1.51. The van der Waals surface area contributed by atoms with Gasteiger partial charge in [0, 0.05) is 5.25 Å². The molecule has 1 aliphatic heterocycles. The van der Waals surface area contributed by atoms with E-state index in [0.29, 0.717) is 6.42 Å². The van der Waals surface area contributed by atoms with Crippen LogP contribution < -0.4 is 5.32 Å². The molecule has 18 heavy (non-hydrogen) atoms. The summed E-state index contributed by atoms with van der Waals surface area (Å²) in [5, 5.41) is 19.5. The Morgan fingerprint density at radius 3 is 2.61 bits per heavy atom. The second kappa shape index (κ2) is 6.39. The molecule has 2 atom stereocenters. The van der Waals surface area contributed by atoms with Gasteiger partial charge in [0.2, 0.25) is 5.91 Å². The molecule has 0 aromatic rings. The summed E-state index contributed by atoms with van der Waals surface area (Å²) in [7, 11) is -2.95. The van der Waals surface area contributed by atoms with Gasteiger partial charge in [-0.05, 0) is 6.42 Å². The summed E-state index contributed by atoms with van der Waals surface area (Å²) >= 11 is 1.23. The predicted octanol–water partition coefficient (Wildman–Crippen LogP) is -1.53. The van der Waals surface area contributed by atoms with Crippen molar-refractivity contribution in [1.82, 2.24) is 5.32 Å². The maximum absolute atomic E-state index is 11.3. The number of aliphatic hydroxyl groups is 1. The predicted molar refractivity (Wildman–Crippen MR) is 66.2 cm³/mol. The molecule has 0 spiro atoms. The van der Waals surface area contributed by atoms with E-state index in [1.165, 1.54) is 11.8 Å².